The van der Waals surface area contributed by atoms with Crippen LogP contribution in [0.2, 0.25) is 0 Å². The van der Waals surface area contributed by atoms with Crippen LogP contribution in [0.4, 0.5) is 4.39 Å². The molecule has 1 aliphatic heterocycles. The number of thioether (sulfide) groups is 1. The molecule has 7 heteroatoms. The van der Waals surface area contributed by atoms with Gasteiger partial charge in [0.25, 0.3) is 0 Å². The maximum atomic E-state index is 13.5. The van der Waals surface area contributed by atoms with E-state index in [1.54, 1.807) is 30.0 Å². The number of hydrogen-bond acceptors (Lipinski definition) is 5. The van der Waals surface area contributed by atoms with Gasteiger partial charge in [-0.15, -0.1) is 10.2 Å². The highest BCUT2D eigenvalue weighted by Gasteiger charge is 2.25. The van der Waals surface area contributed by atoms with Crippen molar-refractivity contribution in [3.63, 3.8) is 0 Å². The monoisotopic (exact) mass is 421 g/mol. The highest BCUT2D eigenvalue weighted by atomic mass is 32.2. The van der Waals surface area contributed by atoms with E-state index < -0.39 is 0 Å². The zero-order valence-electron chi connectivity index (χ0n) is 17.0. The van der Waals surface area contributed by atoms with Crippen LogP contribution in [0.1, 0.15) is 49.2 Å². The van der Waals surface area contributed by atoms with Crippen LogP contribution >= 0.6 is 11.8 Å². The van der Waals surface area contributed by atoms with Gasteiger partial charge in [0, 0.05) is 11.4 Å². The molecule has 2 aromatic carbocycles. The molecule has 1 aliphatic rings. The average Bonchev–Trinajstić information content (AvgIpc) is 3.22. The summed E-state index contributed by atoms with van der Waals surface area (Å²) in [5.74, 6) is 1.28. The van der Waals surface area contributed by atoms with E-state index >= 15 is 0 Å². The molecule has 0 bridgehead atoms. The minimum atomic E-state index is -0.264. The molecule has 1 aromatic heterocycles. The Balaban J connectivity index is 1.64. The first-order valence-corrected chi connectivity index (χ1v) is 11.2. The second-order valence-corrected chi connectivity index (χ2v) is 8.47. The van der Waals surface area contributed by atoms with Crippen LogP contribution in [0.25, 0.3) is 5.69 Å². The Morgan fingerprint density at radius 3 is 2.60 bits per heavy atom. The van der Waals surface area contributed by atoms with E-state index in [1.165, 1.54) is 31.4 Å². The van der Waals surface area contributed by atoms with Crippen LogP contribution in [-0.4, -0.2) is 32.8 Å². The number of hydrogen-bond donors (Lipinski definition) is 0. The van der Waals surface area contributed by atoms with Crippen molar-refractivity contribution in [3.8, 4) is 11.8 Å². The first-order chi connectivity index (χ1) is 14.7. The lowest BCUT2D eigenvalue weighted by Crippen LogP contribution is -2.33. The van der Waals surface area contributed by atoms with Crippen molar-refractivity contribution >= 4 is 11.8 Å². The predicted molar refractivity (Wildman–Crippen MR) is 116 cm³/mol. The number of likely N-dealkylation sites (tertiary alicyclic amines) is 1. The molecule has 0 saturated carbocycles. The Hall–Kier alpha value is -2.69. The summed E-state index contributed by atoms with van der Waals surface area (Å²) < 4.78 is 15.6. The van der Waals surface area contributed by atoms with Gasteiger partial charge >= 0.3 is 0 Å². The molecule has 0 aliphatic carbocycles. The fourth-order valence-electron chi connectivity index (χ4n) is 3.83. The van der Waals surface area contributed by atoms with E-state index in [4.69, 9.17) is 5.26 Å². The van der Waals surface area contributed by atoms with Crippen molar-refractivity contribution in [1.82, 2.24) is 19.7 Å². The van der Waals surface area contributed by atoms with Crippen molar-refractivity contribution in [2.75, 3.05) is 13.1 Å². The van der Waals surface area contributed by atoms with E-state index in [0.29, 0.717) is 11.3 Å². The summed E-state index contributed by atoms with van der Waals surface area (Å²) in [5.41, 5.74) is 2.55. The average molecular weight is 422 g/mol. The van der Waals surface area contributed by atoms with Crippen LogP contribution in [0.3, 0.4) is 0 Å². The van der Waals surface area contributed by atoms with Gasteiger partial charge in [0.15, 0.2) is 11.0 Å². The molecule has 1 fully saturated rings. The lowest BCUT2D eigenvalue weighted by Gasteiger charge is -2.31. The highest BCUT2D eigenvalue weighted by molar-refractivity contribution is 7.98. The van der Waals surface area contributed by atoms with E-state index in [1.807, 2.05) is 22.8 Å². The summed E-state index contributed by atoms with van der Waals surface area (Å²) in [6.07, 6.45) is 3.68. The quantitative estimate of drug-likeness (QED) is 0.517. The second-order valence-electron chi connectivity index (χ2n) is 7.53. The van der Waals surface area contributed by atoms with Gasteiger partial charge in [-0.05, 0) is 74.8 Å². The minimum absolute atomic E-state index is 0.124. The first kappa shape index (κ1) is 20.6. The summed E-state index contributed by atoms with van der Waals surface area (Å²) in [7, 11) is 0. The lowest BCUT2D eigenvalue weighted by atomic mass is 10.1. The minimum Gasteiger partial charge on any atom is -0.294 e. The van der Waals surface area contributed by atoms with Crippen LogP contribution in [0, 0.1) is 17.1 Å². The summed E-state index contributed by atoms with van der Waals surface area (Å²) in [4.78, 5) is 2.44. The fourth-order valence-corrected chi connectivity index (χ4v) is 4.73. The number of piperidine rings is 1. The van der Waals surface area contributed by atoms with Gasteiger partial charge in [-0.2, -0.15) is 5.26 Å². The fraction of sp³-hybridized carbons (Fsp3) is 0.348. The molecule has 4 rings (SSSR count). The second kappa shape index (κ2) is 9.41. The smallest absolute Gasteiger partial charge is 0.196 e. The van der Waals surface area contributed by atoms with Gasteiger partial charge in [0.2, 0.25) is 0 Å². The molecule has 30 heavy (non-hydrogen) atoms. The van der Waals surface area contributed by atoms with Crippen LogP contribution in [0.15, 0.2) is 53.7 Å². The molecule has 1 atom stereocenters. The van der Waals surface area contributed by atoms with Crippen molar-refractivity contribution in [2.24, 2.45) is 0 Å². The van der Waals surface area contributed by atoms with Gasteiger partial charge in [-0.1, -0.05) is 30.3 Å². The van der Waals surface area contributed by atoms with E-state index in [2.05, 4.69) is 28.1 Å². The van der Waals surface area contributed by atoms with Gasteiger partial charge in [0.05, 0.1) is 17.7 Å². The van der Waals surface area contributed by atoms with Gasteiger partial charge in [0.1, 0.15) is 5.82 Å². The molecule has 1 saturated heterocycles. The summed E-state index contributed by atoms with van der Waals surface area (Å²) in [5, 5.41) is 18.9. The Morgan fingerprint density at radius 2 is 1.87 bits per heavy atom. The van der Waals surface area contributed by atoms with Crippen LogP contribution in [-0.2, 0) is 5.75 Å². The van der Waals surface area contributed by atoms with Gasteiger partial charge in [-0.25, -0.2) is 4.39 Å². The molecule has 0 amide bonds. The van der Waals surface area contributed by atoms with Gasteiger partial charge < -0.3 is 0 Å². The Bertz CT molecular complexity index is 1030. The lowest BCUT2D eigenvalue weighted by molar-refractivity contribution is 0.167. The number of nitriles is 1. The number of halogens is 1. The Labute approximate surface area is 180 Å². The van der Waals surface area contributed by atoms with Crippen molar-refractivity contribution in [3.05, 3.63) is 71.3 Å². The maximum Gasteiger partial charge on any atom is 0.196 e. The topological polar surface area (TPSA) is 57.7 Å². The van der Waals surface area contributed by atoms with Crippen LogP contribution < -0.4 is 0 Å². The summed E-state index contributed by atoms with van der Waals surface area (Å²) in [6.45, 7) is 4.28. The molecular weight excluding hydrogens is 397 g/mol. The SMILES string of the molecule is C[C@H](c1nnc(SCc2cccc(C#N)c2)n1-c1ccc(F)cc1)N1CCCCC1. The Morgan fingerprint density at radius 1 is 1.10 bits per heavy atom. The molecular formula is C23H24FN5S. The third-order valence-corrected chi connectivity index (χ3v) is 6.48. The van der Waals surface area contributed by atoms with Crippen LogP contribution in [0.5, 0.6) is 0 Å². The standard InChI is InChI=1S/C23H24FN5S/c1-17(28-12-3-2-4-13-28)22-26-27-23(29(22)21-10-8-20(24)9-11-21)30-16-19-7-5-6-18(14-19)15-25/h5-11,14,17H,2-4,12-13,16H2,1H3/t17-/m1/s1. The van der Waals surface area contributed by atoms with Gasteiger partial charge in [-0.3, -0.25) is 9.47 Å². The number of nitrogens with zero attached hydrogens (tertiary/aromatic N) is 5. The van der Waals surface area contributed by atoms with E-state index in [0.717, 1.165) is 35.3 Å². The normalized spacial score (nSPS) is 15.6. The largest absolute Gasteiger partial charge is 0.294 e. The zero-order valence-corrected chi connectivity index (χ0v) is 17.8. The summed E-state index contributed by atoms with van der Waals surface area (Å²) in [6, 6.07) is 16.4. The number of rotatable bonds is 6. The molecule has 0 radical (unpaired) electrons. The van der Waals surface area contributed by atoms with Crippen molar-refractivity contribution in [2.45, 2.75) is 43.1 Å². The molecule has 5 nitrogen and oxygen atoms in total. The molecule has 0 N–H and O–H groups in total. The van der Waals surface area contributed by atoms with E-state index in [9.17, 15) is 4.39 Å². The number of benzene rings is 2. The molecule has 0 unspecified atom stereocenters. The third kappa shape index (κ3) is 4.55. The first-order valence-electron chi connectivity index (χ1n) is 10.2. The van der Waals surface area contributed by atoms with Crippen molar-refractivity contribution < 1.29 is 4.39 Å². The molecule has 0 spiro atoms. The third-order valence-electron chi connectivity index (χ3n) is 5.48. The molecule has 2 heterocycles. The van der Waals surface area contributed by atoms with Crippen molar-refractivity contribution in [1.29, 1.82) is 5.26 Å². The maximum absolute atomic E-state index is 13.5. The van der Waals surface area contributed by atoms with E-state index in [-0.39, 0.29) is 11.9 Å². The summed E-state index contributed by atoms with van der Waals surface area (Å²) >= 11 is 1.57. The highest BCUT2D eigenvalue weighted by Crippen LogP contribution is 2.30. The zero-order chi connectivity index (χ0) is 20.9. The Kier molecular flexibility index (Phi) is 6.46. The molecule has 3 aromatic rings. The predicted octanol–water partition coefficient (Wildman–Crippen LogP) is 5.12. The number of aromatic nitrogens is 3. The molecule has 154 valence electrons.